The predicted molar refractivity (Wildman–Crippen MR) is 51.2 cm³/mol. The molecule has 3 heteroatoms. The molecule has 0 saturated carbocycles. The lowest BCUT2D eigenvalue weighted by atomic mass is 10.1. The predicted octanol–water partition coefficient (Wildman–Crippen LogP) is 1.43. The Bertz CT molecular complexity index is 206. The maximum Gasteiger partial charge on any atom is 0.333 e. The number of hydrogen-bond acceptors (Lipinski definition) is 3. The van der Waals surface area contributed by atoms with E-state index in [1.54, 1.807) is 6.92 Å². The van der Waals surface area contributed by atoms with Gasteiger partial charge >= 0.3 is 5.97 Å². The van der Waals surface area contributed by atoms with Crippen molar-refractivity contribution >= 4 is 5.97 Å². The molecule has 1 N–H and O–H groups in total. The SMILES string of the molecule is C=C(CCO)CC(=C)C(=O)OCC. The van der Waals surface area contributed by atoms with Crippen LogP contribution in [0.5, 0.6) is 0 Å². The van der Waals surface area contributed by atoms with E-state index >= 15 is 0 Å². The summed E-state index contributed by atoms with van der Waals surface area (Å²) < 4.78 is 4.74. The molecule has 0 aliphatic carbocycles. The summed E-state index contributed by atoms with van der Waals surface area (Å²) in [4.78, 5) is 11.1. The summed E-state index contributed by atoms with van der Waals surface area (Å²) >= 11 is 0. The van der Waals surface area contributed by atoms with Crippen LogP contribution in [0.2, 0.25) is 0 Å². The van der Waals surface area contributed by atoms with Crippen LogP contribution in [0.1, 0.15) is 19.8 Å². The quantitative estimate of drug-likeness (QED) is 0.386. The zero-order valence-corrected chi connectivity index (χ0v) is 8.01. The lowest BCUT2D eigenvalue weighted by molar-refractivity contribution is -0.138. The van der Waals surface area contributed by atoms with E-state index in [1.807, 2.05) is 0 Å². The Labute approximate surface area is 78.7 Å². The number of carbonyl (C=O) groups excluding carboxylic acids is 1. The second kappa shape index (κ2) is 6.43. The van der Waals surface area contributed by atoms with Crippen molar-refractivity contribution in [3.63, 3.8) is 0 Å². The minimum absolute atomic E-state index is 0.0505. The molecule has 74 valence electrons. The molecule has 0 amide bonds. The zero-order valence-electron chi connectivity index (χ0n) is 8.01. The number of aliphatic hydroxyl groups is 1. The first-order valence-corrected chi connectivity index (χ1v) is 4.24. The number of rotatable bonds is 6. The molecule has 0 unspecified atom stereocenters. The van der Waals surface area contributed by atoms with Gasteiger partial charge in [0.15, 0.2) is 0 Å². The van der Waals surface area contributed by atoms with Crippen molar-refractivity contribution in [2.45, 2.75) is 19.8 Å². The molecule has 0 aromatic rings. The van der Waals surface area contributed by atoms with E-state index in [1.165, 1.54) is 0 Å². The van der Waals surface area contributed by atoms with Crippen molar-refractivity contribution in [1.82, 2.24) is 0 Å². The molecule has 0 spiro atoms. The smallest absolute Gasteiger partial charge is 0.333 e. The molecule has 0 aromatic heterocycles. The van der Waals surface area contributed by atoms with Crippen molar-refractivity contribution in [2.24, 2.45) is 0 Å². The van der Waals surface area contributed by atoms with Gasteiger partial charge < -0.3 is 9.84 Å². The van der Waals surface area contributed by atoms with Crippen molar-refractivity contribution in [3.8, 4) is 0 Å². The molecule has 0 atom stereocenters. The summed E-state index contributed by atoms with van der Waals surface area (Å²) in [6, 6.07) is 0. The minimum Gasteiger partial charge on any atom is -0.463 e. The van der Waals surface area contributed by atoms with E-state index < -0.39 is 0 Å². The van der Waals surface area contributed by atoms with Gasteiger partial charge in [-0.1, -0.05) is 18.7 Å². The van der Waals surface area contributed by atoms with Crippen molar-refractivity contribution < 1.29 is 14.6 Å². The Morgan fingerprint density at radius 3 is 2.54 bits per heavy atom. The molecule has 0 radical (unpaired) electrons. The minimum atomic E-state index is -0.387. The number of carbonyl (C=O) groups is 1. The van der Waals surface area contributed by atoms with Gasteiger partial charge in [-0.15, -0.1) is 0 Å². The molecule has 0 fully saturated rings. The molecule has 0 heterocycles. The fourth-order valence-corrected chi connectivity index (χ4v) is 0.854. The number of ether oxygens (including phenoxy) is 1. The molecule has 0 aliphatic rings. The van der Waals surface area contributed by atoms with Gasteiger partial charge in [0.25, 0.3) is 0 Å². The third kappa shape index (κ3) is 5.20. The summed E-state index contributed by atoms with van der Waals surface area (Å²) in [6.45, 7) is 9.42. The highest BCUT2D eigenvalue weighted by molar-refractivity contribution is 5.88. The van der Waals surface area contributed by atoms with Crippen LogP contribution in [0.15, 0.2) is 24.3 Å². The van der Waals surface area contributed by atoms with Gasteiger partial charge in [-0.05, 0) is 19.8 Å². The maximum absolute atomic E-state index is 11.1. The molecule has 13 heavy (non-hydrogen) atoms. The second-order valence-corrected chi connectivity index (χ2v) is 2.72. The van der Waals surface area contributed by atoms with Crippen molar-refractivity contribution in [1.29, 1.82) is 0 Å². The van der Waals surface area contributed by atoms with Crippen molar-refractivity contribution in [3.05, 3.63) is 24.3 Å². The Morgan fingerprint density at radius 1 is 1.46 bits per heavy atom. The average Bonchev–Trinajstić information content (AvgIpc) is 2.05. The second-order valence-electron chi connectivity index (χ2n) is 2.72. The number of hydrogen-bond donors (Lipinski definition) is 1. The Hall–Kier alpha value is -1.09. The third-order valence-electron chi connectivity index (χ3n) is 1.49. The normalized spacial score (nSPS) is 9.38. The van der Waals surface area contributed by atoms with E-state index in [0.717, 1.165) is 5.57 Å². The van der Waals surface area contributed by atoms with Gasteiger partial charge in [-0.25, -0.2) is 4.79 Å². The van der Waals surface area contributed by atoms with Gasteiger partial charge in [0.05, 0.1) is 6.61 Å². The first-order chi connectivity index (χ1) is 6.11. The number of aliphatic hydroxyl groups excluding tert-OH is 1. The van der Waals surface area contributed by atoms with Crippen LogP contribution in [-0.2, 0) is 9.53 Å². The van der Waals surface area contributed by atoms with E-state index in [0.29, 0.717) is 25.0 Å². The Morgan fingerprint density at radius 2 is 2.08 bits per heavy atom. The van der Waals surface area contributed by atoms with E-state index in [2.05, 4.69) is 13.2 Å². The lowest BCUT2D eigenvalue weighted by Gasteiger charge is -2.06. The summed E-state index contributed by atoms with van der Waals surface area (Å²) in [5.41, 5.74) is 1.18. The van der Waals surface area contributed by atoms with Crippen LogP contribution in [0.4, 0.5) is 0 Å². The first-order valence-electron chi connectivity index (χ1n) is 4.24. The average molecular weight is 184 g/mol. The highest BCUT2D eigenvalue weighted by atomic mass is 16.5. The standard InChI is InChI=1S/C10H16O3/c1-4-13-10(12)9(3)7-8(2)5-6-11/h11H,2-7H2,1H3. The molecule has 3 nitrogen and oxygen atoms in total. The van der Waals surface area contributed by atoms with E-state index in [-0.39, 0.29) is 12.6 Å². The van der Waals surface area contributed by atoms with E-state index in [4.69, 9.17) is 9.84 Å². The maximum atomic E-state index is 11.1. The molecule has 0 bridgehead atoms. The lowest BCUT2D eigenvalue weighted by Crippen LogP contribution is -2.07. The molecule has 0 aliphatic heterocycles. The van der Waals surface area contributed by atoms with Gasteiger partial charge in [0, 0.05) is 12.2 Å². The molecular formula is C10H16O3. The monoisotopic (exact) mass is 184 g/mol. The van der Waals surface area contributed by atoms with Gasteiger partial charge in [0.1, 0.15) is 0 Å². The molecule has 0 aromatic carbocycles. The van der Waals surface area contributed by atoms with Crippen LogP contribution < -0.4 is 0 Å². The van der Waals surface area contributed by atoms with Crippen LogP contribution >= 0.6 is 0 Å². The topological polar surface area (TPSA) is 46.5 Å². The Balaban J connectivity index is 3.86. The number of esters is 1. The van der Waals surface area contributed by atoms with Crippen LogP contribution in [-0.4, -0.2) is 24.3 Å². The van der Waals surface area contributed by atoms with Gasteiger partial charge in [-0.3, -0.25) is 0 Å². The van der Waals surface area contributed by atoms with Crippen molar-refractivity contribution in [2.75, 3.05) is 13.2 Å². The summed E-state index contributed by atoms with van der Waals surface area (Å²) in [6.07, 6.45) is 0.901. The highest BCUT2D eigenvalue weighted by Crippen LogP contribution is 2.11. The fourth-order valence-electron chi connectivity index (χ4n) is 0.854. The fraction of sp³-hybridized carbons (Fsp3) is 0.500. The Kier molecular flexibility index (Phi) is 5.89. The molecule has 0 rings (SSSR count). The van der Waals surface area contributed by atoms with Crippen LogP contribution in [0.3, 0.4) is 0 Å². The highest BCUT2D eigenvalue weighted by Gasteiger charge is 2.08. The molecular weight excluding hydrogens is 168 g/mol. The van der Waals surface area contributed by atoms with Crippen LogP contribution in [0.25, 0.3) is 0 Å². The first kappa shape index (κ1) is 11.9. The summed E-state index contributed by atoms with van der Waals surface area (Å²) in [5.74, 6) is -0.387. The summed E-state index contributed by atoms with van der Waals surface area (Å²) in [7, 11) is 0. The molecule has 0 saturated heterocycles. The van der Waals surface area contributed by atoms with Gasteiger partial charge in [-0.2, -0.15) is 0 Å². The third-order valence-corrected chi connectivity index (χ3v) is 1.49. The van der Waals surface area contributed by atoms with E-state index in [9.17, 15) is 4.79 Å². The van der Waals surface area contributed by atoms with Crippen LogP contribution in [0, 0.1) is 0 Å². The largest absolute Gasteiger partial charge is 0.463 e. The summed E-state index contributed by atoms with van der Waals surface area (Å²) in [5, 5.41) is 8.58. The van der Waals surface area contributed by atoms with Gasteiger partial charge in [0.2, 0.25) is 0 Å². The zero-order chi connectivity index (χ0) is 10.3.